The van der Waals surface area contributed by atoms with Crippen molar-refractivity contribution < 1.29 is 19.4 Å². The Hall–Kier alpha value is -1.47. The standard InChI is InChI=1S/C15H20N2O4S/c1-8-13(22-11(16-8)7-21-2)14(18)17-6-9-4-3-5-10(9)12(17)15(19)20/h9-10,12H,3-7H2,1-2H3,(H,19,20)/t9-,10-,12+/m0/s1. The molecule has 1 aromatic heterocycles. The van der Waals surface area contributed by atoms with E-state index < -0.39 is 12.0 Å². The average molecular weight is 324 g/mol. The number of hydrogen-bond donors (Lipinski definition) is 1. The van der Waals surface area contributed by atoms with Gasteiger partial charge in [0, 0.05) is 13.7 Å². The number of carboxylic acids is 1. The Kier molecular flexibility index (Phi) is 4.18. The summed E-state index contributed by atoms with van der Waals surface area (Å²) < 4.78 is 5.05. The molecule has 1 amide bonds. The fourth-order valence-electron chi connectivity index (χ4n) is 3.80. The molecule has 22 heavy (non-hydrogen) atoms. The second-order valence-electron chi connectivity index (χ2n) is 6.05. The summed E-state index contributed by atoms with van der Waals surface area (Å²) >= 11 is 1.30. The van der Waals surface area contributed by atoms with Gasteiger partial charge in [-0.2, -0.15) is 0 Å². The normalized spacial score (nSPS) is 27.2. The first-order valence-corrected chi connectivity index (χ1v) is 8.33. The van der Waals surface area contributed by atoms with Crippen LogP contribution in [-0.2, 0) is 16.1 Å². The van der Waals surface area contributed by atoms with Gasteiger partial charge in [0.25, 0.3) is 5.91 Å². The third-order valence-electron chi connectivity index (χ3n) is 4.71. The van der Waals surface area contributed by atoms with Gasteiger partial charge in [-0.25, -0.2) is 9.78 Å². The number of amides is 1. The Balaban J connectivity index is 1.86. The second-order valence-corrected chi connectivity index (χ2v) is 7.13. The molecular formula is C15H20N2O4S. The van der Waals surface area contributed by atoms with Crippen LogP contribution >= 0.6 is 11.3 Å². The number of hydrogen-bond acceptors (Lipinski definition) is 5. The number of rotatable bonds is 4. The van der Waals surface area contributed by atoms with Crippen molar-refractivity contribution in [1.29, 1.82) is 0 Å². The summed E-state index contributed by atoms with van der Waals surface area (Å²) in [6.07, 6.45) is 3.00. The summed E-state index contributed by atoms with van der Waals surface area (Å²) in [5.41, 5.74) is 0.656. The largest absolute Gasteiger partial charge is 0.480 e. The SMILES string of the molecule is COCc1nc(C)c(C(=O)N2C[C@@H]3CCC[C@@H]3[C@@H]2C(=O)O)s1. The van der Waals surface area contributed by atoms with Gasteiger partial charge in [0.15, 0.2) is 0 Å². The molecule has 0 bridgehead atoms. The van der Waals surface area contributed by atoms with Crippen LogP contribution in [-0.4, -0.2) is 46.6 Å². The number of aryl methyl sites for hydroxylation is 1. The molecule has 3 atom stereocenters. The van der Waals surface area contributed by atoms with Gasteiger partial charge in [0.2, 0.25) is 0 Å². The van der Waals surface area contributed by atoms with Gasteiger partial charge in [-0.1, -0.05) is 6.42 Å². The second kappa shape index (κ2) is 5.96. The van der Waals surface area contributed by atoms with E-state index in [1.807, 2.05) is 0 Å². The van der Waals surface area contributed by atoms with E-state index in [-0.39, 0.29) is 11.8 Å². The Morgan fingerprint density at radius 1 is 1.45 bits per heavy atom. The molecule has 1 saturated carbocycles. The molecule has 2 aliphatic rings. The third-order valence-corrected chi connectivity index (χ3v) is 5.83. The van der Waals surface area contributed by atoms with Crippen molar-refractivity contribution >= 4 is 23.2 Å². The minimum atomic E-state index is -0.887. The molecule has 120 valence electrons. The number of fused-ring (bicyclic) bond motifs is 1. The maximum absolute atomic E-state index is 12.8. The van der Waals surface area contributed by atoms with Crippen LogP contribution in [0.4, 0.5) is 0 Å². The Morgan fingerprint density at radius 3 is 2.91 bits per heavy atom. The fraction of sp³-hybridized carbons (Fsp3) is 0.667. The molecule has 3 rings (SSSR count). The fourth-order valence-corrected chi connectivity index (χ4v) is 4.79. The predicted octanol–water partition coefficient (Wildman–Crippen LogP) is 1.92. The van der Waals surface area contributed by atoms with Gasteiger partial charge in [0.05, 0.1) is 12.3 Å². The number of aliphatic carboxylic acids is 1. The van der Waals surface area contributed by atoms with Crippen LogP contribution in [0.15, 0.2) is 0 Å². The molecule has 1 aliphatic carbocycles. The molecule has 2 heterocycles. The van der Waals surface area contributed by atoms with Gasteiger partial charge in [0.1, 0.15) is 15.9 Å². The topological polar surface area (TPSA) is 79.7 Å². The summed E-state index contributed by atoms with van der Waals surface area (Å²) in [4.78, 5) is 30.9. The highest BCUT2D eigenvalue weighted by atomic mass is 32.1. The number of nitrogens with zero attached hydrogens (tertiary/aromatic N) is 2. The average Bonchev–Trinajstić information content (AvgIpc) is 3.11. The summed E-state index contributed by atoms with van der Waals surface area (Å²) in [6, 6.07) is -0.688. The van der Waals surface area contributed by atoms with Crippen LogP contribution in [0.1, 0.15) is 39.6 Å². The molecular weight excluding hydrogens is 304 g/mol. The van der Waals surface area contributed by atoms with Crippen LogP contribution in [0.3, 0.4) is 0 Å². The van der Waals surface area contributed by atoms with Crippen molar-refractivity contribution in [2.45, 2.75) is 38.8 Å². The minimum absolute atomic E-state index is 0.105. The van der Waals surface area contributed by atoms with Crippen LogP contribution < -0.4 is 0 Å². The number of carboxylic acid groups (broad SMARTS) is 1. The quantitative estimate of drug-likeness (QED) is 0.915. The van der Waals surface area contributed by atoms with E-state index in [4.69, 9.17) is 4.74 Å². The lowest BCUT2D eigenvalue weighted by Crippen LogP contribution is -2.43. The molecule has 0 aromatic carbocycles. The first-order chi connectivity index (χ1) is 10.5. The highest BCUT2D eigenvalue weighted by molar-refractivity contribution is 7.13. The number of aromatic nitrogens is 1. The van der Waals surface area contributed by atoms with Crippen LogP contribution in [0.25, 0.3) is 0 Å². The van der Waals surface area contributed by atoms with Crippen molar-refractivity contribution in [3.63, 3.8) is 0 Å². The lowest BCUT2D eigenvalue weighted by Gasteiger charge is -2.24. The monoisotopic (exact) mass is 324 g/mol. The first-order valence-electron chi connectivity index (χ1n) is 7.52. The Bertz CT molecular complexity index is 600. The first kappa shape index (κ1) is 15.4. The van der Waals surface area contributed by atoms with E-state index in [2.05, 4.69) is 4.98 Å². The van der Waals surface area contributed by atoms with Crippen LogP contribution in [0.2, 0.25) is 0 Å². The van der Waals surface area contributed by atoms with E-state index >= 15 is 0 Å². The Morgan fingerprint density at radius 2 is 2.23 bits per heavy atom. The lowest BCUT2D eigenvalue weighted by atomic mass is 9.94. The van der Waals surface area contributed by atoms with Crippen molar-refractivity contribution in [3.8, 4) is 0 Å². The maximum atomic E-state index is 12.8. The number of ether oxygens (including phenoxy) is 1. The van der Waals surface area contributed by atoms with E-state index in [9.17, 15) is 14.7 Å². The maximum Gasteiger partial charge on any atom is 0.326 e. The molecule has 0 unspecified atom stereocenters. The number of carbonyl (C=O) groups excluding carboxylic acids is 1. The molecule has 7 heteroatoms. The van der Waals surface area contributed by atoms with Gasteiger partial charge >= 0.3 is 5.97 Å². The number of thiazole rings is 1. The van der Waals surface area contributed by atoms with Gasteiger partial charge < -0.3 is 14.7 Å². The number of methoxy groups -OCH3 is 1. The zero-order valence-corrected chi connectivity index (χ0v) is 13.6. The van der Waals surface area contributed by atoms with E-state index in [1.165, 1.54) is 11.3 Å². The van der Waals surface area contributed by atoms with E-state index in [0.717, 1.165) is 24.3 Å². The highest BCUT2D eigenvalue weighted by Crippen LogP contribution is 2.43. The molecule has 1 aliphatic heterocycles. The predicted molar refractivity (Wildman–Crippen MR) is 80.9 cm³/mol. The minimum Gasteiger partial charge on any atom is -0.480 e. The third kappa shape index (κ3) is 2.52. The molecule has 6 nitrogen and oxygen atoms in total. The van der Waals surface area contributed by atoms with Crippen LogP contribution in [0.5, 0.6) is 0 Å². The molecule has 0 spiro atoms. The zero-order chi connectivity index (χ0) is 15.9. The van der Waals surface area contributed by atoms with E-state index in [0.29, 0.717) is 29.6 Å². The van der Waals surface area contributed by atoms with Crippen molar-refractivity contribution in [2.75, 3.05) is 13.7 Å². The molecule has 2 fully saturated rings. The number of carbonyl (C=O) groups is 2. The summed E-state index contributed by atoms with van der Waals surface area (Å²) in [7, 11) is 1.58. The van der Waals surface area contributed by atoms with Crippen molar-refractivity contribution in [1.82, 2.24) is 9.88 Å². The van der Waals surface area contributed by atoms with Gasteiger partial charge in [-0.3, -0.25) is 4.79 Å². The molecule has 1 N–H and O–H groups in total. The lowest BCUT2D eigenvalue weighted by molar-refractivity contribution is -0.142. The van der Waals surface area contributed by atoms with E-state index in [1.54, 1.807) is 18.9 Å². The number of likely N-dealkylation sites (tertiary alicyclic amines) is 1. The van der Waals surface area contributed by atoms with Crippen molar-refractivity contribution in [2.24, 2.45) is 11.8 Å². The Labute approximate surface area is 133 Å². The van der Waals surface area contributed by atoms with Crippen LogP contribution in [0, 0.1) is 18.8 Å². The zero-order valence-electron chi connectivity index (χ0n) is 12.7. The smallest absolute Gasteiger partial charge is 0.326 e. The van der Waals surface area contributed by atoms with Crippen molar-refractivity contribution in [3.05, 3.63) is 15.6 Å². The molecule has 1 aromatic rings. The summed E-state index contributed by atoms with van der Waals surface area (Å²) in [5, 5.41) is 10.3. The highest BCUT2D eigenvalue weighted by Gasteiger charge is 2.50. The molecule has 1 saturated heterocycles. The summed E-state index contributed by atoms with van der Waals surface area (Å²) in [6.45, 7) is 2.71. The van der Waals surface area contributed by atoms with Gasteiger partial charge in [-0.05, 0) is 31.6 Å². The van der Waals surface area contributed by atoms with Gasteiger partial charge in [-0.15, -0.1) is 11.3 Å². The summed E-state index contributed by atoms with van der Waals surface area (Å²) in [5.74, 6) is -0.647. The molecule has 0 radical (unpaired) electrons.